The Morgan fingerprint density at radius 3 is 2.48 bits per heavy atom. The zero-order valence-corrected chi connectivity index (χ0v) is 14.0. The molecule has 118 valence electrons. The molecule has 0 radical (unpaired) electrons. The lowest BCUT2D eigenvalue weighted by Gasteiger charge is -2.32. The fourth-order valence-electron chi connectivity index (χ4n) is 2.63. The molecule has 4 nitrogen and oxygen atoms in total. The van der Waals surface area contributed by atoms with Gasteiger partial charge in [0.15, 0.2) is 0 Å². The van der Waals surface area contributed by atoms with Crippen LogP contribution >= 0.6 is 0 Å². The number of anilines is 1. The Hall–Kier alpha value is -1.07. The Morgan fingerprint density at radius 1 is 1.24 bits per heavy atom. The summed E-state index contributed by atoms with van der Waals surface area (Å²) in [5.41, 5.74) is 0.967. The molecular formula is C16H26N2O2S. The summed E-state index contributed by atoms with van der Waals surface area (Å²) in [7, 11) is -3.35. The van der Waals surface area contributed by atoms with E-state index >= 15 is 0 Å². The first-order chi connectivity index (χ1) is 9.91. The summed E-state index contributed by atoms with van der Waals surface area (Å²) in [5.74, 6) is 0.558. The quantitative estimate of drug-likeness (QED) is 0.907. The van der Waals surface area contributed by atoms with Crippen LogP contribution in [-0.2, 0) is 10.0 Å². The average Bonchev–Trinajstić information content (AvgIpc) is 2.46. The maximum Gasteiger partial charge on any atom is 0.243 e. The number of hydrogen-bond donors (Lipinski definition) is 1. The van der Waals surface area contributed by atoms with Crippen LogP contribution in [0.1, 0.15) is 40.0 Å². The molecule has 1 heterocycles. The number of nitrogens with one attached hydrogen (secondary N) is 1. The number of sulfonamides is 1. The van der Waals surface area contributed by atoms with Crippen molar-refractivity contribution >= 4 is 15.7 Å². The van der Waals surface area contributed by atoms with Crippen molar-refractivity contribution in [1.82, 2.24) is 4.31 Å². The lowest BCUT2D eigenvalue weighted by Crippen LogP contribution is -2.41. The van der Waals surface area contributed by atoms with Gasteiger partial charge in [0, 0.05) is 24.8 Å². The predicted octanol–water partition coefficient (Wildman–Crippen LogP) is 3.32. The van der Waals surface area contributed by atoms with Gasteiger partial charge in [-0.3, -0.25) is 0 Å². The van der Waals surface area contributed by atoms with Crippen molar-refractivity contribution in [3.63, 3.8) is 0 Å². The van der Waals surface area contributed by atoms with Gasteiger partial charge in [-0.15, -0.1) is 0 Å². The van der Waals surface area contributed by atoms with Gasteiger partial charge in [-0.2, -0.15) is 4.31 Å². The summed E-state index contributed by atoms with van der Waals surface area (Å²) >= 11 is 0. The van der Waals surface area contributed by atoms with Crippen LogP contribution in [0.2, 0.25) is 0 Å². The molecule has 1 fully saturated rings. The summed E-state index contributed by atoms with van der Waals surface area (Å²) in [5, 5.41) is 3.30. The van der Waals surface area contributed by atoms with Crippen LogP contribution in [0, 0.1) is 5.92 Å². The van der Waals surface area contributed by atoms with Gasteiger partial charge in [0.1, 0.15) is 0 Å². The highest BCUT2D eigenvalue weighted by molar-refractivity contribution is 7.89. The number of piperidine rings is 1. The molecule has 0 aliphatic carbocycles. The molecular weight excluding hydrogens is 284 g/mol. The van der Waals surface area contributed by atoms with Gasteiger partial charge in [-0.05, 0) is 49.9 Å². The summed E-state index contributed by atoms with van der Waals surface area (Å²) in [6.07, 6.45) is 3.02. The minimum Gasteiger partial charge on any atom is -0.385 e. The van der Waals surface area contributed by atoms with Crippen LogP contribution in [0.4, 0.5) is 5.69 Å². The van der Waals surface area contributed by atoms with Gasteiger partial charge in [0.25, 0.3) is 0 Å². The summed E-state index contributed by atoms with van der Waals surface area (Å²) in [6, 6.07) is 7.22. The Balaban J connectivity index is 2.13. The Labute approximate surface area is 128 Å². The molecule has 1 aliphatic rings. The third-order valence-corrected chi connectivity index (χ3v) is 5.95. The molecule has 0 amide bonds. The second kappa shape index (κ2) is 6.79. The van der Waals surface area contributed by atoms with E-state index in [2.05, 4.69) is 19.2 Å². The molecule has 1 unspecified atom stereocenters. The molecule has 1 atom stereocenters. The highest BCUT2D eigenvalue weighted by Crippen LogP contribution is 2.25. The number of hydrogen-bond acceptors (Lipinski definition) is 3. The van der Waals surface area contributed by atoms with E-state index in [9.17, 15) is 8.42 Å². The molecule has 21 heavy (non-hydrogen) atoms. The van der Waals surface area contributed by atoms with E-state index in [1.807, 2.05) is 19.1 Å². The van der Waals surface area contributed by atoms with E-state index in [1.54, 1.807) is 16.4 Å². The summed E-state index contributed by atoms with van der Waals surface area (Å²) in [6.45, 7) is 7.80. The Bertz CT molecular complexity index is 552. The monoisotopic (exact) mass is 310 g/mol. The molecule has 1 saturated heterocycles. The molecule has 1 aromatic carbocycles. The van der Waals surface area contributed by atoms with Crippen molar-refractivity contribution in [2.75, 3.05) is 18.4 Å². The van der Waals surface area contributed by atoms with Gasteiger partial charge in [-0.1, -0.05) is 20.3 Å². The van der Waals surface area contributed by atoms with Crippen molar-refractivity contribution < 1.29 is 8.42 Å². The van der Waals surface area contributed by atoms with Gasteiger partial charge in [-0.25, -0.2) is 8.42 Å². The first kappa shape index (κ1) is 16.3. The van der Waals surface area contributed by atoms with Crippen LogP contribution < -0.4 is 5.32 Å². The standard InChI is InChI=1S/C16H26N2O2S/c1-13(2)12-17-15-7-9-16(10-8-15)21(19,20)18-11-5-4-6-14(18)3/h7-10,13-14,17H,4-6,11-12H2,1-3H3. The minimum absolute atomic E-state index is 0.0995. The first-order valence-corrected chi connectivity index (χ1v) is 9.21. The fourth-order valence-corrected chi connectivity index (χ4v) is 4.33. The third kappa shape index (κ3) is 3.98. The van der Waals surface area contributed by atoms with Crippen LogP contribution in [0.25, 0.3) is 0 Å². The van der Waals surface area contributed by atoms with Crippen molar-refractivity contribution in [3.8, 4) is 0 Å². The summed E-state index contributed by atoms with van der Waals surface area (Å²) < 4.78 is 27.0. The highest BCUT2D eigenvalue weighted by Gasteiger charge is 2.30. The van der Waals surface area contributed by atoms with Gasteiger partial charge in [0.05, 0.1) is 4.90 Å². The molecule has 1 aliphatic heterocycles. The van der Waals surface area contributed by atoms with Crippen molar-refractivity contribution in [1.29, 1.82) is 0 Å². The van der Waals surface area contributed by atoms with Gasteiger partial charge < -0.3 is 5.32 Å². The highest BCUT2D eigenvalue weighted by atomic mass is 32.2. The topological polar surface area (TPSA) is 49.4 Å². The number of benzene rings is 1. The molecule has 0 bridgehead atoms. The third-order valence-electron chi connectivity index (χ3n) is 3.92. The number of rotatable bonds is 5. The largest absolute Gasteiger partial charge is 0.385 e. The smallest absolute Gasteiger partial charge is 0.243 e. The SMILES string of the molecule is CC(C)CNc1ccc(S(=O)(=O)N2CCCCC2C)cc1. The van der Waals surface area contributed by atoms with Crippen molar-refractivity contribution in [3.05, 3.63) is 24.3 Å². The molecule has 1 N–H and O–H groups in total. The lowest BCUT2D eigenvalue weighted by molar-refractivity contribution is 0.268. The molecule has 1 aromatic rings. The van der Waals surface area contributed by atoms with Crippen LogP contribution in [0.3, 0.4) is 0 Å². The first-order valence-electron chi connectivity index (χ1n) is 7.77. The Kier molecular flexibility index (Phi) is 5.27. The summed E-state index contributed by atoms with van der Waals surface area (Å²) in [4.78, 5) is 0.395. The zero-order chi connectivity index (χ0) is 15.5. The van der Waals surface area contributed by atoms with Gasteiger partial charge in [0.2, 0.25) is 10.0 Å². The second-order valence-corrected chi connectivity index (χ2v) is 8.15. The molecule has 5 heteroatoms. The molecule has 2 rings (SSSR count). The maximum atomic E-state index is 12.7. The average molecular weight is 310 g/mol. The van der Waals surface area contributed by atoms with Crippen molar-refractivity contribution in [2.45, 2.75) is 51.0 Å². The van der Waals surface area contributed by atoms with E-state index in [1.165, 1.54) is 0 Å². The maximum absolute atomic E-state index is 12.7. The molecule has 0 saturated carbocycles. The van der Waals surface area contributed by atoms with Crippen LogP contribution in [0.5, 0.6) is 0 Å². The van der Waals surface area contributed by atoms with E-state index in [0.717, 1.165) is 31.5 Å². The van der Waals surface area contributed by atoms with Crippen molar-refractivity contribution in [2.24, 2.45) is 5.92 Å². The fraction of sp³-hybridized carbons (Fsp3) is 0.625. The normalized spacial score (nSPS) is 20.7. The van der Waals surface area contributed by atoms with Gasteiger partial charge >= 0.3 is 0 Å². The second-order valence-electron chi connectivity index (χ2n) is 6.26. The minimum atomic E-state index is -3.35. The Morgan fingerprint density at radius 2 is 1.90 bits per heavy atom. The van der Waals surface area contributed by atoms with Crippen LogP contribution in [0.15, 0.2) is 29.2 Å². The van der Waals surface area contributed by atoms with Crippen LogP contribution in [-0.4, -0.2) is 31.9 Å². The molecule has 0 aromatic heterocycles. The predicted molar refractivity (Wildman–Crippen MR) is 87.0 cm³/mol. The molecule has 0 spiro atoms. The van der Waals surface area contributed by atoms with E-state index in [4.69, 9.17) is 0 Å². The number of nitrogens with zero attached hydrogens (tertiary/aromatic N) is 1. The van der Waals surface area contributed by atoms with E-state index < -0.39 is 10.0 Å². The zero-order valence-electron chi connectivity index (χ0n) is 13.2. The van der Waals surface area contributed by atoms with E-state index in [-0.39, 0.29) is 6.04 Å². The lowest BCUT2D eigenvalue weighted by atomic mass is 10.1. The van der Waals surface area contributed by atoms with E-state index in [0.29, 0.717) is 17.4 Å².